The maximum atomic E-state index is 13.2. The van der Waals surface area contributed by atoms with E-state index < -0.39 is 17.7 Å². The molecular weight excluding hydrogens is 454 g/mol. The number of carbonyl (C=O) groups is 2. The van der Waals surface area contributed by atoms with Crippen LogP contribution in [0.1, 0.15) is 43.0 Å². The van der Waals surface area contributed by atoms with Crippen LogP contribution in [0.15, 0.2) is 84.4 Å². The maximum absolute atomic E-state index is 13.2. The molecule has 6 nitrogen and oxygen atoms in total. The van der Waals surface area contributed by atoms with Gasteiger partial charge in [0.1, 0.15) is 17.3 Å². The van der Waals surface area contributed by atoms with E-state index in [1.807, 2.05) is 68.4 Å². The van der Waals surface area contributed by atoms with Gasteiger partial charge in [0.2, 0.25) is 0 Å². The van der Waals surface area contributed by atoms with Crippen LogP contribution in [0.3, 0.4) is 0 Å². The number of likely N-dealkylation sites (tertiary alicyclic amines) is 1. The molecule has 0 spiro atoms. The molecule has 0 saturated carbocycles. The number of hydrogen-bond acceptors (Lipinski definition) is 5. The molecule has 1 N–H and O–H groups in total. The quantitative estimate of drug-likeness (QED) is 0.232. The lowest BCUT2D eigenvalue weighted by Gasteiger charge is -2.25. The molecule has 0 radical (unpaired) electrons. The third kappa shape index (κ3) is 5.43. The Morgan fingerprint density at radius 1 is 0.861 bits per heavy atom. The predicted octanol–water partition coefficient (Wildman–Crippen LogP) is 5.54. The number of benzene rings is 3. The number of rotatable bonds is 10. The molecule has 1 fully saturated rings. The molecule has 3 aromatic carbocycles. The third-order valence-electron chi connectivity index (χ3n) is 6.13. The number of ether oxygens (including phenoxy) is 2. The molecule has 4 rings (SSSR count). The van der Waals surface area contributed by atoms with E-state index in [9.17, 15) is 14.7 Å². The minimum absolute atomic E-state index is 0.0828. The first kappa shape index (κ1) is 25.0. The molecule has 1 aliphatic rings. The predicted molar refractivity (Wildman–Crippen MR) is 139 cm³/mol. The monoisotopic (exact) mass is 485 g/mol. The van der Waals surface area contributed by atoms with Crippen LogP contribution in [0.5, 0.6) is 11.5 Å². The Balaban J connectivity index is 1.72. The fourth-order valence-electron chi connectivity index (χ4n) is 4.35. The van der Waals surface area contributed by atoms with Gasteiger partial charge in [0.05, 0.1) is 24.8 Å². The van der Waals surface area contributed by atoms with Gasteiger partial charge in [0, 0.05) is 12.1 Å². The minimum Gasteiger partial charge on any atom is -0.507 e. The molecule has 1 unspecified atom stereocenters. The van der Waals surface area contributed by atoms with E-state index >= 15 is 0 Å². The summed E-state index contributed by atoms with van der Waals surface area (Å²) in [6, 6.07) is 23.3. The number of amides is 1. The Labute approximate surface area is 211 Å². The molecule has 1 heterocycles. The van der Waals surface area contributed by atoms with Crippen LogP contribution in [0, 0.1) is 0 Å². The number of ketones is 1. The molecule has 0 aromatic heterocycles. The highest BCUT2D eigenvalue weighted by molar-refractivity contribution is 6.46. The first-order chi connectivity index (χ1) is 17.5. The zero-order valence-corrected chi connectivity index (χ0v) is 20.6. The second-order valence-corrected chi connectivity index (χ2v) is 8.60. The van der Waals surface area contributed by atoms with Crippen molar-refractivity contribution in [2.24, 2.45) is 0 Å². The molecule has 0 aliphatic carbocycles. The first-order valence-corrected chi connectivity index (χ1v) is 12.3. The Bertz CT molecular complexity index is 1220. The van der Waals surface area contributed by atoms with Crippen LogP contribution in [0.4, 0.5) is 0 Å². The molecule has 3 aromatic rings. The van der Waals surface area contributed by atoms with Crippen molar-refractivity contribution >= 4 is 17.4 Å². The van der Waals surface area contributed by atoms with Gasteiger partial charge in [-0.2, -0.15) is 0 Å². The molecule has 186 valence electrons. The molecule has 0 bridgehead atoms. The number of carbonyl (C=O) groups excluding carboxylic acids is 2. The first-order valence-electron chi connectivity index (χ1n) is 12.3. The summed E-state index contributed by atoms with van der Waals surface area (Å²) in [4.78, 5) is 28.0. The average Bonchev–Trinajstić information content (AvgIpc) is 3.17. The van der Waals surface area contributed by atoms with Crippen LogP contribution in [-0.4, -0.2) is 41.5 Å². The number of nitrogens with zero attached hydrogens (tertiary/aromatic N) is 1. The summed E-state index contributed by atoms with van der Waals surface area (Å²) in [7, 11) is 0. The van der Waals surface area contributed by atoms with Gasteiger partial charge in [0.25, 0.3) is 11.7 Å². The Morgan fingerprint density at radius 3 is 2.14 bits per heavy atom. The summed E-state index contributed by atoms with van der Waals surface area (Å²) >= 11 is 0. The normalized spacial score (nSPS) is 16.8. The van der Waals surface area contributed by atoms with Gasteiger partial charge < -0.3 is 19.5 Å². The number of hydrogen-bond donors (Lipinski definition) is 1. The van der Waals surface area contributed by atoms with Crippen molar-refractivity contribution in [1.29, 1.82) is 0 Å². The van der Waals surface area contributed by atoms with E-state index in [-0.39, 0.29) is 11.3 Å². The largest absolute Gasteiger partial charge is 0.507 e. The van der Waals surface area contributed by atoms with Crippen LogP contribution in [0.25, 0.3) is 5.76 Å². The second kappa shape index (κ2) is 11.6. The summed E-state index contributed by atoms with van der Waals surface area (Å²) in [5, 5.41) is 11.3. The molecular formula is C30H31NO5. The van der Waals surface area contributed by atoms with E-state index in [1.54, 1.807) is 29.2 Å². The fraction of sp³-hybridized carbons (Fsp3) is 0.267. The molecule has 1 saturated heterocycles. The molecule has 36 heavy (non-hydrogen) atoms. The van der Waals surface area contributed by atoms with Gasteiger partial charge in [-0.1, -0.05) is 49.4 Å². The van der Waals surface area contributed by atoms with E-state index in [1.165, 1.54) is 0 Å². The van der Waals surface area contributed by atoms with Gasteiger partial charge in [-0.3, -0.25) is 9.59 Å². The van der Waals surface area contributed by atoms with Crippen LogP contribution in [0.2, 0.25) is 0 Å². The van der Waals surface area contributed by atoms with Gasteiger partial charge >= 0.3 is 0 Å². The van der Waals surface area contributed by atoms with Crippen molar-refractivity contribution in [3.63, 3.8) is 0 Å². The zero-order chi connectivity index (χ0) is 25.5. The summed E-state index contributed by atoms with van der Waals surface area (Å²) in [6.45, 7) is 5.40. The van der Waals surface area contributed by atoms with E-state index in [0.717, 1.165) is 17.5 Å². The van der Waals surface area contributed by atoms with Crippen LogP contribution in [-0.2, 0) is 16.0 Å². The number of aliphatic hydroxyl groups is 1. The van der Waals surface area contributed by atoms with Crippen molar-refractivity contribution in [2.45, 2.75) is 32.7 Å². The van der Waals surface area contributed by atoms with E-state index in [2.05, 4.69) is 0 Å². The second-order valence-electron chi connectivity index (χ2n) is 8.60. The fourth-order valence-corrected chi connectivity index (χ4v) is 4.35. The summed E-state index contributed by atoms with van der Waals surface area (Å²) < 4.78 is 11.2. The molecule has 1 aliphatic heterocycles. The van der Waals surface area contributed by atoms with Gasteiger partial charge in [-0.05, 0) is 67.3 Å². The van der Waals surface area contributed by atoms with E-state index in [4.69, 9.17) is 9.47 Å². The summed E-state index contributed by atoms with van der Waals surface area (Å²) in [5.41, 5.74) is 2.33. The minimum atomic E-state index is -0.708. The molecule has 6 heteroatoms. The third-order valence-corrected chi connectivity index (χ3v) is 6.13. The zero-order valence-electron chi connectivity index (χ0n) is 20.6. The Morgan fingerprint density at radius 2 is 1.50 bits per heavy atom. The highest BCUT2D eigenvalue weighted by Gasteiger charge is 2.45. The van der Waals surface area contributed by atoms with Crippen LogP contribution >= 0.6 is 0 Å². The van der Waals surface area contributed by atoms with Crippen LogP contribution < -0.4 is 9.47 Å². The summed E-state index contributed by atoms with van der Waals surface area (Å²) in [6.07, 6.45) is 1.47. The number of aliphatic hydroxyl groups excluding tert-OH is 1. The van der Waals surface area contributed by atoms with Gasteiger partial charge in [0.15, 0.2) is 0 Å². The van der Waals surface area contributed by atoms with Gasteiger partial charge in [-0.15, -0.1) is 0 Å². The van der Waals surface area contributed by atoms with Gasteiger partial charge in [-0.25, -0.2) is 0 Å². The smallest absolute Gasteiger partial charge is 0.295 e. The lowest BCUT2D eigenvalue weighted by Crippen LogP contribution is -2.31. The van der Waals surface area contributed by atoms with Crippen molar-refractivity contribution in [3.8, 4) is 11.5 Å². The number of Topliss-reactive ketones (excluding diaryl/α,β-unsaturated/α-hetero) is 1. The topological polar surface area (TPSA) is 76.1 Å². The van der Waals surface area contributed by atoms with Crippen molar-refractivity contribution in [3.05, 3.63) is 101 Å². The highest BCUT2D eigenvalue weighted by Crippen LogP contribution is 2.40. The standard InChI is InChI=1S/C30H31NO5/c1-3-20-36-25-16-12-23(13-17-25)28(32)26-27(22-10-14-24(15-11-22)35-4-2)31(30(34)29(26)33)19-18-21-8-6-5-7-9-21/h5-17,27,32H,3-4,18-20H2,1-2H3/b28-26+. The highest BCUT2D eigenvalue weighted by atomic mass is 16.5. The Kier molecular flexibility index (Phi) is 8.06. The molecule has 1 amide bonds. The lowest BCUT2D eigenvalue weighted by atomic mass is 9.95. The van der Waals surface area contributed by atoms with Crippen molar-refractivity contribution in [2.75, 3.05) is 19.8 Å². The molecule has 1 atom stereocenters. The van der Waals surface area contributed by atoms with Crippen molar-refractivity contribution < 1.29 is 24.2 Å². The SMILES string of the molecule is CCCOc1ccc(/C(O)=C2\C(=O)C(=O)N(CCc3ccccc3)C2c2ccc(OCC)cc2)cc1. The van der Waals surface area contributed by atoms with E-state index in [0.29, 0.717) is 43.2 Å². The average molecular weight is 486 g/mol. The lowest BCUT2D eigenvalue weighted by molar-refractivity contribution is -0.139. The summed E-state index contributed by atoms with van der Waals surface area (Å²) in [5.74, 6) is -0.124. The Hall–Kier alpha value is -4.06. The maximum Gasteiger partial charge on any atom is 0.295 e. The van der Waals surface area contributed by atoms with Crippen molar-refractivity contribution in [1.82, 2.24) is 4.90 Å².